The molecular weight excluding hydrogens is 541 g/mol. The number of benzene rings is 2. The number of rotatable bonds is 6. The molecule has 0 aliphatic rings. The molecule has 0 aliphatic heterocycles. The number of anilines is 1. The highest BCUT2D eigenvalue weighted by atomic mass is 32.1. The minimum absolute atomic E-state index is 0.103. The fraction of sp³-hybridized carbons (Fsp3) is 0.172. The maximum absolute atomic E-state index is 14.0. The van der Waals surface area contributed by atoms with Gasteiger partial charge in [0.25, 0.3) is 5.91 Å². The van der Waals surface area contributed by atoms with E-state index in [4.69, 9.17) is 4.74 Å². The molecule has 0 saturated carbocycles. The van der Waals surface area contributed by atoms with Crippen molar-refractivity contribution in [3.63, 3.8) is 0 Å². The van der Waals surface area contributed by atoms with Crippen molar-refractivity contribution in [2.45, 2.75) is 26.4 Å². The van der Waals surface area contributed by atoms with Crippen LogP contribution in [-0.2, 0) is 17.3 Å². The molecule has 2 aromatic carbocycles. The number of carbonyl (C=O) groups is 2. The maximum Gasteiger partial charge on any atom is 0.433 e. The molecule has 5 aromatic rings. The highest BCUT2D eigenvalue weighted by molar-refractivity contribution is 7.16. The summed E-state index contributed by atoms with van der Waals surface area (Å²) in [4.78, 5) is 30.7. The number of esters is 1. The lowest BCUT2D eigenvalue weighted by Crippen LogP contribution is -2.16. The molecule has 3 heterocycles. The number of thiophene rings is 1. The first kappa shape index (κ1) is 27.1. The van der Waals surface area contributed by atoms with Gasteiger partial charge < -0.3 is 10.1 Å². The molecule has 0 aliphatic carbocycles. The van der Waals surface area contributed by atoms with E-state index in [2.05, 4.69) is 15.4 Å². The molecule has 3 aromatic heterocycles. The molecule has 1 N–H and O–H groups in total. The van der Waals surface area contributed by atoms with Crippen LogP contribution in [0.4, 0.5) is 18.2 Å². The van der Waals surface area contributed by atoms with E-state index in [-0.39, 0.29) is 27.6 Å². The second-order valence-corrected chi connectivity index (χ2v) is 10.3. The monoisotopic (exact) mass is 564 g/mol. The number of alkyl halides is 3. The van der Waals surface area contributed by atoms with E-state index in [0.29, 0.717) is 16.5 Å². The van der Waals surface area contributed by atoms with Crippen molar-refractivity contribution >= 4 is 33.9 Å². The van der Waals surface area contributed by atoms with Gasteiger partial charge in [0.15, 0.2) is 17.0 Å². The second-order valence-electron chi connectivity index (χ2n) is 9.19. The Balaban J connectivity index is 1.51. The molecule has 0 bridgehead atoms. The van der Waals surface area contributed by atoms with E-state index >= 15 is 0 Å². The van der Waals surface area contributed by atoms with Crippen molar-refractivity contribution < 1.29 is 27.5 Å². The number of aromatic nitrogens is 3. The molecule has 1 amide bonds. The molecule has 7 nitrogen and oxygen atoms in total. The summed E-state index contributed by atoms with van der Waals surface area (Å²) in [6.45, 7) is 3.77. The van der Waals surface area contributed by atoms with Crippen LogP contribution in [0.15, 0.2) is 66.7 Å². The Hall–Kier alpha value is -4.51. The zero-order chi connectivity index (χ0) is 28.6. The number of hydrogen-bond donors (Lipinski definition) is 1. The lowest BCUT2D eigenvalue weighted by atomic mass is 10.0. The summed E-state index contributed by atoms with van der Waals surface area (Å²) in [5.74, 6) is -1.44. The van der Waals surface area contributed by atoms with Crippen LogP contribution in [0.5, 0.6) is 0 Å². The van der Waals surface area contributed by atoms with E-state index in [1.54, 1.807) is 18.2 Å². The SMILES string of the molecule is COC(=O)c1cc(Cc2ccccc2)sc1NC(=O)c1cc2nc(-c3ccc(C)c(C)c3)cc(C(F)(F)F)n2n1. The Morgan fingerprint density at radius 2 is 1.75 bits per heavy atom. The maximum atomic E-state index is 14.0. The number of nitrogens with one attached hydrogen (secondary N) is 1. The number of fused-ring (bicyclic) bond motifs is 1. The predicted octanol–water partition coefficient (Wildman–Crippen LogP) is 6.72. The van der Waals surface area contributed by atoms with Crippen LogP contribution < -0.4 is 5.32 Å². The van der Waals surface area contributed by atoms with Crippen molar-refractivity contribution in [3.05, 3.63) is 105 Å². The van der Waals surface area contributed by atoms with Gasteiger partial charge in [0.05, 0.1) is 18.4 Å². The van der Waals surface area contributed by atoms with Gasteiger partial charge in [-0.2, -0.15) is 18.3 Å². The Morgan fingerprint density at radius 1 is 1.00 bits per heavy atom. The van der Waals surface area contributed by atoms with Gasteiger partial charge >= 0.3 is 12.1 Å². The van der Waals surface area contributed by atoms with Gasteiger partial charge in [-0.15, -0.1) is 11.3 Å². The quantitative estimate of drug-likeness (QED) is 0.231. The first-order valence-corrected chi connectivity index (χ1v) is 13.0. The van der Waals surface area contributed by atoms with Gasteiger partial charge in [-0.25, -0.2) is 14.3 Å². The average molecular weight is 565 g/mol. The number of amides is 1. The Labute approximate surface area is 231 Å². The van der Waals surface area contributed by atoms with E-state index in [9.17, 15) is 22.8 Å². The Morgan fingerprint density at radius 3 is 2.42 bits per heavy atom. The molecule has 40 heavy (non-hydrogen) atoms. The van der Waals surface area contributed by atoms with Crippen LogP contribution in [0.1, 0.15) is 48.1 Å². The third-order valence-corrected chi connectivity index (χ3v) is 7.44. The van der Waals surface area contributed by atoms with Crippen LogP contribution in [-0.4, -0.2) is 33.6 Å². The van der Waals surface area contributed by atoms with Crippen LogP contribution >= 0.6 is 11.3 Å². The lowest BCUT2D eigenvalue weighted by Gasteiger charge is -2.11. The standard InChI is InChI=1S/C29H23F3N4O3S/c1-16-9-10-19(11-17(16)2)22-14-24(29(30,31)32)36-25(33-22)15-23(35-36)26(37)34-27-21(28(38)39-3)13-20(40-27)12-18-7-5-4-6-8-18/h4-11,13-15H,12H2,1-3H3,(H,34,37). The Kier molecular flexibility index (Phi) is 7.16. The van der Waals surface area contributed by atoms with Crippen LogP contribution in [0.3, 0.4) is 0 Å². The summed E-state index contributed by atoms with van der Waals surface area (Å²) >= 11 is 1.17. The molecule has 0 fully saturated rings. The summed E-state index contributed by atoms with van der Waals surface area (Å²) < 4.78 is 47.6. The van der Waals surface area contributed by atoms with Crippen molar-refractivity contribution in [1.29, 1.82) is 0 Å². The van der Waals surface area contributed by atoms with Gasteiger partial charge in [-0.05, 0) is 48.7 Å². The van der Waals surface area contributed by atoms with Gasteiger partial charge in [0.2, 0.25) is 0 Å². The van der Waals surface area contributed by atoms with Gasteiger partial charge in [0, 0.05) is 22.9 Å². The largest absolute Gasteiger partial charge is 0.465 e. The number of methoxy groups -OCH3 is 1. The summed E-state index contributed by atoms with van der Waals surface area (Å²) in [6, 6.07) is 18.5. The number of aryl methyl sites for hydroxylation is 2. The number of halogens is 3. The minimum Gasteiger partial charge on any atom is -0.465 e. The van der Waals surface area contributed by atoms with E-state index in [1.807, 2.05) is 50.2 Å². The van der Waals surface area contributed by atoms with Crippen LogP contribution in [0.2, 0.25) is 0 Å². The smallest absolute Gasteiger partial charge is 0.433 e. The topological polar surface area (TPSA) is 85.6 Å². The van der Waals surface area contributed by atoms with Gasteiger partial charge in [-0.3, -0.25) is 4.79 Å². The van der Waals surface area contributed by atoms with E-state index < -0.39 is 23.7 Å². The van der Waals surface area contributed by atoms with Crippen molar-refractivity contribution in [1.82, 2.24) is 14.6 Å². The van der Waals surface area contributed by atoms with E-state index in [1.165, 1.54) is 24.5 Å². The van der Waals surface area contributed by atoms with Gasteiger partial charge in [0.1, 0.15) is 5.00 Å². The lowest BCUT2D eigenvalue weighted by molar-refractivity contribution is -0.142. The zero-order valence-electron chi connectivity index (χ0n) is 21.7. The van der Waals surface area contributed by atoms with Crippen molar-refractivity contribution in [3.8, 4) is 11.3 Å². The molecule has 0 spiro atoms. The van der Waals surface area contributed by atoms with Crippen LogP contribution in [0, 0.1) is 13.8 Å². The molecule has 0 saturated heterocycles. The molecule has 0 radical (unpaired) electrons. The van der Waals surface area contributed by atoms with Crippen LogP contribution in [0.25, 0.3) is 16.9 Å². The fourth-order valence-corrected chi connectivity index (χ4v) is 5.26. The van der Waals surface area contributed by atoms with Gasteiger partial charge in [-0.1, -0.05) is 42.5 Å². The number of carbonyl (C=O) groups excluding carboxylic acids is 2. The highest BCUT2D eigenvalue weighted by Crippen LogP contribution is 2.34. The molecule has 5 rings (SSSR count). The highest BCUT2D eigenvalue weighted by Gasteiger charge is 2.36. The van der Waals surface area contributed by atoms with Crippen molar-refractivity contribution in [2.24, 2.45) is 0 Å². The zero-order valence-corrected chi connectivity index (χ0v) is 22.5. The molecule has 11 heteroatoms. The minimum atomic E-state index is -4.76. The molecule has 204 valence electrons. The molecule has 0 atom stereocenters. The third kappa shape index (κ3) is 5.46. The fourth-order valence-electron chi connectivity index (χ4n) is 4.18. The molecule has 0 unspecified atom stereocenters. The summed E-state index contributed by atoms with van der Waals surface area (Å²) in [5, 5.41) is 6.75. The summed E-state index contributed by atoms with van der Waals surface area (Å²) in [5.41, 5.74) is 2.16. The number of ether oxygens (including phenoxy) is 1. The normalized spacial score (nSPS) is 11.6. The predicted molar refractivity (Wildman–Crippen MR) is 146 cm³/mol. The van der Waals surface area contributed by atoms with Crippen molar-refractivity contribution in [2.75, 3.05) is 12.4 Å². The molecular formula is C29H23F3N4O3S. The number of hydrogen-bond acceptors (Lipinski definition) is 6. The van der Waals surface area contributed by atoms with E-state index in [0.717, 1.165) is 27.6 Å². The second kappa shape index (κ2) is 10.6. The first-order chi connectivity index (χ1) is 19.0. The Bertz CT molecular complexity index is 1740. The first-order valence-electron chi connectivity index (χ1n) is 12.2. The number of nitrogens with zero attached hydrogens (tertiary/aromatic N) is 3. The summed E-state index contributed by atoms with van der Waals surface area (Å²) in [7, 11) is 1.22. The average Bonchev–Trinajstić information content (AvgIpc) is 3.53. The third-order valence-electron chi connectivity index (χ3n) is 6.39. The summed E-state index contributed by atoms with van der Waals surface area (Å²) in [6.07, 6.45) is -4.24.